The molecule has 1 aromatic carbocycles. The zero-order valence-corrected chi connectivity index (χ0v) is 15.1. The van der Waals surface area contributed by atoms with Crippen LogP contribution in [0.5, 0.6) is 0 Å². The number of likely N-dealkylation sites (N-methyl/N-ethyl adjacent to an activating group) is 1. The molecule has 0 amide bonds. The molecule has 0 aliphatic carbocycles. The molecular formula is C21H20N6. The van der Waals surface area contributed by atoms with Crippen LogP contribution < -0.4 is 5.32 Å². The van der Waals surface area contributed by atoms with Gasteiger partial charge in [-0.1, -0.05) is 6.07 Å². The van der Waals surface area contributed by atoms with Gasteiger partial charge in [-0.3, -0.25) is 4.98 Å². The van der Waals surface area contributed by atoms with Crippen LogP contribution in [0.1, 0.15) is 11.1 Å². The first kappa shape index (κ1) is 16.0. The fourth-order valence-corrected chi connectivity index (χ4v) is 3.58. The highest BCUT2D eigenvalue weighted by Crippen LogP contribution is 2.25. The number of aromatic nitrogens is 4. The van der Waals surface area contributed by atoms with Gasteiger partial charge in [0.05, 0.1) is 11.9 Å². The number of imidazole rings is 1. The van der Waals surface area contributed by atoms with Crippen molar-refractivity contribution in [3.05, 3.63) is 72.2 Å². The van der Waals surface area contributed by atoms with Crippen LogP contribution in [0.2, 0.25) is 0 Å². The van der Waals surface area contributed by atoms with Gasteiger partial charge in [0.1, 0.15) is 0 Å². The third kappa shape index (κ3) is 3.04. The Morgan fingerprint density at radius 2 is 1.89 bits per heavy atom. The van der Waals surface area contributed by atoms with Crippen molar-refractivity contribution in [1.82, 2.24) is 24.5 Å². The highest BCUT2D eigenvalue weighted by Gasteiger charge is 2.14. The number of hydrogen-bond donors (Lipinski definition) is 1. The van der Waals surface area contributed by atoms with Crippen molar-refractivity contribution in [2.24, 2.45) is 0 Å². The van der Waals surface area contributed by atoms with Gasteiger partial charge in [-0.2, -0.15) is 0 Å². The molecule has 0 spiro atoms. The number of rotatable bonds is 3. The summed E-state index contributed by atoms with van der Waals surface area (Å²) in [4.78, 5) is 10.9. The smallest absolute Gasteiger partial charge is 0.154 e. The van der Waals surface area contributed by atoms with E-state index in [1.54, 1.807) is 12.4 Å². The summed E-state index contributed by atoms with van der Waals surface area (Å²) in [7, 11) is 2.16. The predicted molar refractivity (Wildman–Crippen MR) is 106 cm³/mol. The van der Waals surface area contributed by atoms with Crippen LogP contribution in [0, 0.1) is 0 Å². The molecule has 0 saturated carbocycles. The van der Waals surface area contributed by atoms with E-state index in [2.05, 4.69) is 45.4 Å². The second-order valence-electron chi connectivity index (χ2n) is 6.96. The molecular weight excluding hydrogens is 336 g/mol. The molecule has 1 N–H and O–H groups in total. The summed E-state index contributed by atoms with van der Waals surface area (Å²) in [5, 5.41) is 8.18. The van der Waals surface area contributed by atoms with Gasteiger partial charge in [0.2, 0.25) is 0 Å². The Bertz CT molecular complexity index is 1100. The van der Waals surface area contributed by atoms with Gasteiger partial charge in [-0.05, 0) is 61.0 Å². The van der Waals surface area contributed by atoms with Crippen LogP contribution >= 0.6 is 0 Å². The normalized spacial score (nSPS) is 14.3. The van der Waals surface area contributed by atoms with Gasteiger partial charge >= 0.3 is 0 Å². The van der Waals surface area contributed by atoms with Crippen LogP contribution in [0.15, 0.2) is 61.1 Å². The molecule has 0 saturated heterocycles. The van der Waals surface area contributed by atoms with E-state index >= 15 is 0 Å². The minimum absolute atomic E-state index is 0.792. The Hall–Kier alpha value is -3.25. The van der Waals surface area contributed by atoms with E-state index in [0.717, 1.165) is 47.9 Å². The zero-order valence-electron chi connectivity index (χ0n) is 15.1. The average Bonchev–Trinajstić information content (AvgIpc) is 3.11. The van der Waals surface area contributed by atoms with Crippen molar-refractivity contribution in [2.75, 3.05) is 18.9 Å². The summed E-state index contributed by atoms with van der Waals surface area (Å²) in [6.07, 6.45) is 6.51. The van der Waals surface area contributed by atoms with Crippen molar-refractivity contribution in [2.45, 2.75) is 13.0 Å². The molecule has 4 heterocycles. The van der Waals surface area contributed by atoms with Crippen LogP contribution in [-0.4, -0.2) is 38.1 Å². The van der Waals surface area contributed by atoms with Crippen LogP contribution in [-0.2, 0) is 13.0 Å². The van der Waals surface area contributed by atoms with E-state index in [1.807, 2.05) is 35.0 Å². The number of benzene rings is 1. The fourth-order valence-electron chi connectivity index (χ4n) is 3.58. The first-order chi connectivity index (χ1) is 13.3. The Morgan fingerprint density at radius 1 is 1.00 bits per heavy atom. The van der Waals surface area contributed by atoms with Crippen LogP contribution in [0.3, 0.4) is 0 Å². The lowest BCUT2D eigenvalue weighted by Gasteiger charge is -2.25. The Balaban J connectivity index is 1.48. The molecule has 4 aromatic rings. The van der Waals surface area contributed by atoms with Gasteiger partial charge < -0.3 is 10.2 Å². The first-order valence-corrected chi connectivity index (χ1v) is 9.09. The molecule has 1 aliphatic rings. The Morgan fingerprint density at radius 3 is 2.78 bits per heavy atom. The first-order valence-electron chi connectivity index (χ1n) is 9.09. The maximum atomic E-state index is 4.75. The quantitative estimate of drug-likeness (QED) is 0.609. The number of nitrogens with zero attached hydrogens (tertiary/aromatic N) is 5. The van der Waals surface area contributed by atoms with Gasteiger partial charge in [0.25, 0.3) is 0 Å². The molecule has 6 heteroatoms. The molecule has 1 aliphatic heterocycles. The van der Waals surface area contributed by atoms with Gasteiger partial charge in [0, 0.05) is 36.7 Å². The third-order valence-corrected chi connectivity index (χ3v) is 5.02. The standard InChI is InChI=1S/C21H20N6/c1-26-11-8-15-2-3-18(12-17(15)14-26)24-20-4-5-21-23-13-19(27(21)25-20)16-6-9-22-10-7-16/h2-7,9-10,12-13H,8,11,14H2,1H3,(H,24,25). The number of anilines is 2. The highest BCUT2D eigenvalue weighted by atomic mass is 15.3. The lowest BCUT2D eigenvalue weighted by molar-refractivity contribution is 0.313. The summed E-state index contributed by atoms with van der Waals surface area (Å²) >= 11 is 0. The third-order valence-electron chi connectivity index (χ3n) is 5.02. The number of fused-ring (bicyclic) bond motifs is 2. The van der Waals surface area contributed by atoms with Gasteiger partial charge in [-0.25, -0.2) is 9.50 Å². The summed E-state index contributed by atoms with van der Waals surface area (Å²) < 4.78 is 1.86. The zero-order chi connectivity index (χ0) is 18.2. The van der Waals surface area contributed by atoms with Gasteiger partial charge in [-0.15, -0.1) is 5.10 Å². The SMILES string of the molecule is CN1CCc2ccc(Nc3ccc4ncc(-c5ccncc5)n4n3)cc2C1. The van der Waals surface area contributed by atoms with Crippen molar-refractivity contribution < 1.29 is 0 Å². The second kappa shape index (κ2) is 6.48. The molecule has 0 fully saturated rings. The van der Waals surface area contributed by atoms with E-state index in [0.29, 0.717) is 0 Å². The number of hydrogen-bond acceptors (Lipinski definition) is 5. The summed E-state index contributed by atoms with van der Waals surface area (Å²) in [5.41, 5.74) is 6.69. The minimum Gasteiger partial charge on any atom is -0.339 e. The summed E-state index contributed by atoms with van der Waals surface area (Å²) in [6, 6.07) is 14.5. The summed E-state index contributed by atoms with van der Waals surface area (Å²) in [5.74, 6) is 0.792. The largest absolute Gasteiger partial charge is 0.339 e. The lowest BCUT2D eigenvalue weighted by atomic mass is 9.99. The monoisotopic (exact) mass is 356 g/mol. The molecule has 6 nitrogen and oxygen atoms in total. The van der Waals surface area contributed by atoms with E-state index < -0.39 is 0 Å². The maximum absolute atomic E-state index is 4.75. The molecule has 3 aromatic heterocycles. The topological polar surface area (TPSA) is 58.3 Å². The van der Waals surface area contributed by atoms with E-state index in [9.17, 15) is 0 Å². The molecule has 134 valence electrons. The van der Waals surface area contributed by atoms with E-state index in [4.69, 9.17) is 5.10 Å². The predicted octanol–water partition coefficient (Wildman–Crippen LogP) is 3.52. The van der Waals surface area contributed by atoms with Crippen molar-refractivity contribution in [1.29, 1.82) is 0 Å². The van der Waals surface area contributed by atoms with Crippen molar-refractivity contribution >= 4 is 17.2 Å². The molecule has 0 radical (unpaired) electrons. The van der Waals surface area contributed by atoms with E-state index in [-0.39, 0.29) is 0 Å². The van der Waals surface area contributed by atoms with Gasteiger partial charge in [0.15, 0.2) is 11.5 Å². The molecule has 0 bridgehead atoms. The van der Waals surface area contributed by atoms with Crippen LogP contribution in [0.4, 0.5) is 11.5 Å². The van der Waals surface area contributed by atoms with Crippen molar-refractivity contribution in [3.63, 3.8) is 0 Å². The summed E-state index contributed by atoms with van der Waals surface area (Å²) in [6.45, 7) is 2.11. The Kier molecular flexibility index (Phi) is 3.83. The number of pyridine rings is 1. The molecule has 0 unspecified atom stereocenters. The fraction of sp³-hybridized carbons (Fsp3) is 0.190. The van der Waals surface area contributed by atoms with E-state index in [1.165, 1.54) is 11.1 Å². The number of nitrogens with one attached hydrogen (secondary N) is 1. The maximum Gasteiger partial charge on any atom is 0.154 e. The second-order valence-corrected chi connectivity index (χ2v) is 6.96. The van der Waals surface area contributed by atoms with Crippen LogP contribution in [0.25, 0.3) is 16.9 Å². The molecule has 5 rings (SSSR count). The Labute approximate surface area is 157 Å². The minimum atomic E-state index is 0.792. The average molecular weight is 356 g/mol. The highest BCUT2D eigenvalue weighted by molar-refractivity contribution is 5.64. The lowest BCUT2D eigenvalue weighted by Crippen LogP contribution is -2.26. The van der Waals surface area contributed by atoms with Crippen molar-refractivity contribution in [3.8, 4) is 11.3 Å². The molecule has 27 heavy (non-hydrogen) atoms. The molecule has 0 atom stereocenters.